The van der Waals surface area contributed by atoms with Crippen molar-refractivity contribution in [1.29, 1.82) is 0 Å². The Hall–Kier alpha value is -3.83. The Labute approximate surface area is 252 Å². The number of fused-ring (bicyclic) bond motifs is 4. The topological polar surface area (TPSA) is 150 Å². The molecule has 232 valence electrons. The highest BCUT2D eigenvalue weighted by Gasteiger charge is 2.46. The van der Waals surface area contributed by atoms with Gasteiger partial charge in [0.15, 0.2) is 0 Å². The number of hydrazine groups is 1. The van der Waals surface area contributed by atoms with Crippen LogP contribution in [-0.2, 0) is 23.9 Å². The highest BCUT2D eigenvalue weighted by Crippen LogP contribution is 2.34. The van der Waals surface area contributed by atoms with Crippen LogP contribution in [0.15, 0.2) is 36.4 Å². The van der Waals surface area contributed by atoms with Crippen LogP contribution in [0.4, 0.5) is 0 Å². The molecule has 11 heteroatoms. The van der Waals surface area contributed by atoms with Crippen LogP contribution in [0.3, 0.4) is 0 Å². The summed E-state index contributed by atoms with van der Waals surface area (Å²) in [6.07, 6.45) is 3.77. The predicted molar refractivity (Wildman–Crippen MR) is 162 cm³/mol. The van der Waals surface area contributed by atoms with Crippen molar-refractivity contribution in [3.63, 3.8) is 0 Å². The molecule has 4 N–H and O–H groups in total. The van der Waals surface area contributed by atoms with Gasteiger partial charge in [-0.05, 0) is 71.1 Å². The minimum atomic E-state index is -1.50. The Morgan fingerprint density at radius 2 is 1.79 bits per heavy atom. The van der Waals surface area contributed by atoms with Crippen LogP contribution in [0.25, 0.3) is 17.0 Å². The number of cyclic esters (lactones) is 1. The largest absolute Gasteiger partial charge is 0.455 e. The lowest BCUT2D eigenvalue weighted by Gasteiger charge is -2.38. The van der Waals surface area contributed by atoms with E-state index in [0.29, 0.717) is 30.6 Å². The van der Waals surface area contributed by atoms with E-state index in [-0.39, 0.29) is 5.92 Å². The number of hydrogen-bond acceptors (Lipinski definition) is 8. The van der Waals surface area contributed by atoms with Crippen molar-refractivity contribution in [3.8, 4) is 0 Å². The third-order valence-corrected chi connectivity index (χ3v) is 8.50. The third-order valence-electron chi connectivity index (χ3n) is 8.50. The highest BCUT2D eigenvalue weighted by atomic mass is 16.5. The van der Waals surface area contributed by atoms with E-state index in [1.54, 1.807) is 66.7 Å². The molecule has 11 nitrogen and oxygen atoms in total. The number of aromatic nitrogens is 1. The number of ether oxygens (including phenoxy) is 1. The van der Waals surface area contributed by atoms with E-state index in [4.69, 9.17) is 9.72 Å². The van der Waals surface area contributed by atoms with E-state index in [1.807, 2.05) is 24.3 Å². The van der Waals surface area contributed by atoms with Gasteiger partial charge in [0.1, 0.15) is 24.2 Å². The summed E-state index contributed by atoms with van der Waals surface area (Å²) < 4.78 is 5.76. The lowest BCUT2D eigenvalue weighted by Crippen LogP contribution is -2.62. The zero-order chi connectivity index (χ0) is 31.7. The maximum atomic E-state index is 13.8. The maximum absolute atomic E-state index is 13.8. The van der Waals surface area contributed by atoms with E-state index in [9.17, 15) is 24.3 Å². The minimum absolute atomic E-state index is 0.321. The second kappa shape index (κ2) is 12.4. The van der Waals surface area contributed by atoms with Gasteiger partial charge < -0.3 is 20.5 Å². The SMILES string of the molecule is CC(C)[C@@H]1NC(=O)C(C)(C(C)(C)O)/C=C/c2ccc3ccc(nc3c2)[C@@H](C)OC(=O)[C@@H]2CCCN(N2)C(=O)[C@H](C)NC1=O. The molecular formula is C32H43N5O6. The molecule has 3 amide bonds. The molecule has 0 aliphatic carbocycles. The van der Waals surface area contributed by atoms with Crippen molar-refractivity contribution in [1.82, 2.24) is 26.1 Å². The summed E-state index contributed by atoms with van der Waals surface area (Å²) in [4.78, 5) is 58.3. The van der Waals surface area contributed by atoms with Crippen LogP contribution in [0.1, 0.15) is 78.7 Å². The van der Waals surface area contributed by atoms with Crippen LogP contribution in [-0.4, -0.2) is 69.1 Å². The van der Waals surface area contributed by atoms with E-state index in [1.165, 1.54) is 5.01 Å². The number of carbonyl (C=O) groups is 4. The molecule has 0 radical (unpaired) electrons. The molecule has 2 aliphatic heterocycles. The molecule has 1 saturated heterocycles. The fraction of sp³-hybridized carbons (Fsp3) is 0.531. The number of amides is 3. The molecule has 5 atom stereocenters. The first-order valence-electron chi connectivity index (χ1n) is 14.8. The molecule has 0 saturated carbocycles. The van der Waals surface area contributed by atoms with Gasteiger partial charge >= 0.3 is 5.97 Å². The van der Waals surface area contributed by atoms with Crippen LogP contribution in [0, 0.1) is 11.3 Å². The normalized spacial score (nSPS) is 28.8. The van der Waals surface area contributed by atoms with E-state index in [2.05, 4.69) is 16.1 Å². The first-order valence-corrected chi connectivity index (χ1v) is 14.8. The standard InChI is InChI=1S/C32H43N5O6/c1-18(2)26-27(38)33-19(3)28(39)37-16-8-9-24(36-37)29(40)43-20(4)23-13-12-22-11-10-21(17-25(22)34-23)14-15-32(7,30(41)35-26)31(5,6)42/h10-15,17-20,24,26,36,42H,8-9,16H2,1-7H3,(H,33,38)(H,35,41)/b15-14+/t19-,20+,24-,26-,32?/m0/s1. The molecule has 5 bridgehead atoms. The molecule has 1 unspecified atom stereocenters. The number of rotatable bonds is 2. The number of nitrogens with one attached hydrogen (secondary N) is 3. The Kier molecular flexibility index (Phi) is 9.27. The number of esters is 1. The van der Waals surface area contributed by atoms with Crippen LogP contribution in [0.5, 0.6) is 0 Å². The Balaban J connectivity index is 1.77. The molecule has 1 aromatic carbocycles. The average molecular weight is 594 g/mol. The van der Waals surface area contributed by atoms with Gasteiger partial charge in [0.05, 0.1) is 22.2 Å². The first-order chi connectivity index (χ1) is 20.1. The van der Waals surface area contributed by atoms with Crippen molar-refractivity contribution >= 4 is 40.7 Å². The summed E-state index contributed by atoms with van der Waals surface area (Å²) in [6.45, 7) is 11.9. The molecule has 2 aromatic rings. The Morgan fingerprint density at radius 3 is 2.47 bits per heavy atom. The summed E-state index contributed by atoms with van der Waals surface area (Å²) in [5.41, 5.74) is 2.01. The Bertz CT molecular complexity index is 1430. The maximum Gasteiger partial charge on any atom is 0.325 e. The molecule has 4 rings (SSSR count). The molecule has 1 fully saturated rings. The second-order valence-corrected chi connectivity index (χ2v) is 12.6. The molecule has 2 aliphatic rings. The van der Waals surface area contributed by atoms with E-state index >= 15 is 0 Å². The number of hydrogen-bond donors (Lipinski definition) is 4. The molecule has 0 spiro atoms. The lowest BCUT2D eigenvalue weighted by atomic mass is 9.73. The number of aliphatic hydroxyl groups is 1. The first kappa shape index (κ1) is 32.1. The molecule has 43 heavy (non-hydrogen) atoms. The fourth-order valence-electron chi connectivity index (χ4n) is 5.16. The van der Waals surface area contributed by atoms with Crippen LogP contribution in [0.2, 0.25) is 0 Å². The molecule has 1 aromatic heterocycles. The van der Waals surface area contributed by atoms with Crippen molar-refractivity contribution in [2.45, 2.75) is 91.1 Å². The second-order valence-electron chi connectivity index (χ2n) is 12.6. The van der Waals surface area contributed by atoms with Crippen molar-refractivity contribution < 1.29 is 29.0 Å². The summed E-state index contributed by atoms with van der Waals surface area (Å²) in [6, 6.07) is 6.68. The summed E-state index contributed by atoms with van der Waals surface area (Å²) in [5, 5.41) is 18.9. The smallest absolute Gasteiger partial charge is 0.325 e. The van der Waals surface area contributed by atoms with Crippen molar-refractivity contribution in [2.24, 2.45) is 11.3 Å². The summed E-state index contributed by atoms with van der Waals surface area (Å²) in [5.74, 6) is -2.32. The zero-order valence-electron chi connectivity index (χ0n) is 25.9. The monoisotopic (exact) mass is 593 g/mol. The zero-order valence-corrected chi connectivity index (χ0v) is 25.9. The van der Waals surface area contributed by atoms with Gasteiger partial charge in [-0.15, -0.1) is 0 Å². The van der Waals surface area contributed by atoms with Gasteiger partial charge in [-0.2, -0.15) is 0 Å². The number of benzene rings is 1. The lowest BCUT2D eigenvalue weighted by molar-refractivity contribution is -0.157. The predicted octanol–water partition coefficient (Wildman–Crippen LogP) is 2.78. The molecule has 3 heterocycles. The summed E-state index contributed by atoms with van der Waals surface area (Å²) >= 11 is 0. The van der Waals surface area contributed by atoms with Gasteiger partial charge in [0, 0.05) is 11.9 Å². The van der Waals surface area contributed by atoms with Crippen LogP contribution >= 0.6 is 0 Å². The fourth-order valence-corrected chi connectivity index (χ4v) is 5.16. The van der Waals surface area contributed by atoms with Gasteiger partial charge in [-0.25, -0.2) is 10.4 Å². The number of pyridine rings is 1. The minimum Gasteiger partial charge on any atom is -0.455 e. The molecular weight excluding hydrogens is 550 g/mol. The average Bonchev–Trinajstić information content (AvgIpc) is 2.96. The van der Waals surface area contributed by atoms with Crippen molar-refractivity contribution in [2.75, 3.05) is 6.54 Å². The third kappa shape index (κ3) is 6.88. The number of nitrogens with zero attached hydrogens (tertiary/aromatic N) is 2. The van der Waals surface area contributed by atoms with Gasteiger partial charge in [0.25, 0.3) is 5.91 Å². The Morgan fingerprint density at radius 1 is 1.09 bits per heavy atom. The van der Waals surface area contributed by atoms with Gasteiger partial charge in [0.2, 0.25) is 11.8 Å². The van der Waals surface area contributed by atoms with Crippen molar-refractivity contribution in [3.05, 3.63) is 47.7 Å². The highest BCUT2D eigenvalue weighted by molar-refractivity contribution is 5.94. The van der Waals surface area contributed by atoms with E-state index < -0.39 is 58.9 Å². The van der Waals surface area contributed by atoms with E-state index in [0.717, 1.165) is 10.9 Å². The quantitative estimate of drug-likeness (QED) is 0.389. The van der Waals surface area contributed by atoms with Gasteiger partial charge in [-0.1, -0.05) is 44.2 Å². The van der Waals surface area contributed by atoms with Crippen LogP contribution < -0.4 is 16.1 Å². The summed E-state index contributed by atoms with van der Waals surface area (Å²) in [7, 11) is 0. The number of carbonyl (C=O) groups excluding carboxylic acids is 4. The van der Waals surface area contributed by atoms with Gasteiger partial charge in [-0.3, -0.25) is 24.2 Å².